The molecule has 160 valence electrons. The fourth-order valence-corrected chi connectivity index (χ4v) is 5.14. The van der Waals surface area contributed by atoms with Gasteiger partial charge in [0.15, 0.2) is 5.96 Å². The highest BCUT2D eigenvalue weighted by molar-refractivity contribution is 7.89. The third-order valence-corrected chi connectivity index (χ3v) is 7.32. The number of piperazine rings is 1. The molecule has 1 fully saturated rings. The van der Waals surface area contributed by atoms with Crippen molar-refractivity contribution in [3.05, 3.63) is 15.6 Å². The lowest BCUT2D eigenvalue weighted by atomic mass is 10.4. The molecule has 0 radical (unpaired) electrons. The van der Waals surface area contributed by atoms with E-state index in [-0.39, 0.29) is 18.5 Å². The summed E-state index contributed by atoms with van der Waals surface area (Å²) in [5, 5.41) is 4.37. The van der Waals surface area contributed by atoms with E-state index in [1.807, 2.05) is 34.6 Å². The zero-order chi connectivity index (χ0) is 20.7. The quantitative estimate of drug-likeness (QED) is 0.497. The zero-order valence-electron chi connectivity index (χ0n) is 17.6. The normalized spacial score (nSPS) is 16.8. The van der Waals surface area contributed by atoms with Crippen molar-refractivity contribution >= 4 is 27.3 Å². The first-order valence-electron chi connectivity index (χ1n) is 9.78. The lowest BCUT2D eigenvalue weighted by Gasteiger charge is -2.35. The van der Waals surface area contributed by atoms with Crippen molar-refractivity contribution < 1.29 is 13.2 Å². The first kappa shape index (κ1) is 23.1. The average molecular weight is 432 g/mol. The third kappa shape index (κ3) is 6.68. The molecule has 0 aromatic carbocycles. The van der Waals surface area contributed by atoms with Crippen LogP contribution in [0.2, 0.25) is 0 Å². The zero-order valence-corrected chi connectivity index (χ0v) is 19.2. The molecule has 1 aliphatic heterocycles. The van der Waals surface area contributed by atoms with Crippen molar-refractivity contribution in [3.63, 3.8) is 0 Å². The molecule has 0 bridgehead atoms. The van der Waals surface area contributed by atoms with Crippen LogP contribution in [0.25, 0.3) is 0 Å². The molecular weight excluding hydrogens is 398 g/mol. The van der Waals surface area contributed by atoms with Gasteiger partial charge in [-0.25, -0.2) is 18.4 Å². The summed E-state index contributed by atoms with van der Waals surface area (Å²) in [5.41, 5.74) is 1.03. The lowest BCUT2D eigenvalue weighted by Crippen LogP contribution is -2.54. The second-order valence-electron chi connectivity index (χ2n) is 7.03. The Bertz CT molecular complexity index is 753. The summed E-state index contributed by atoms with van der Waals surface area (Å²) < 4.78 is 32.0. The fourth-order valence-electron chi connectivity index (χ4n) is 2.99. The van der Waals surface area contributed by atoms with E-state index in [0.29, 0.717) is 32.7 Å². The largest absolute Gasteiger partial charge is 0.378 e. The highest BCUT2D eigenvalue weighted by Crippen LogP contribution is 2.18. The van der Waals surface area contributed by atoms with Crippen LogP contribution in [0.4, 0.5) is 0 Å². The van der Waals surface area contributed by atoms with Gasteiger partial charge in [-0.2, -0.15) is 4.31 Å². The predicted octanol–water partition coefficient (Wildman–Crippen LogP) is 1.60. The van der Waals surface area contributed by atoms with Gasteiger partial charge in [0, 0.05) is 37.6 Å². The van der Waals surface area contributed by atoms with Crippen LogP contribution in [0.15, 0.2) is 4.99 Å². The number of hydrogen-bond acceptors (Lipinski definition) is 6. The number of rotatable bonds is 8. The van der Waals surface area contributed by atoms with Gasteiger partial charge in [0.25, 0.3) is 0 Å². The Morgan fingerprint density at radius 3 is 2.50 bits per heavy atom. The minimum absolute atomic E-state index is 0.0311. The Morgan fingerprint density at radius 1 is 1.29 bits per heavy atom. The van der Waals surface area contributed by atoms with Gasteiger partial charge >= 0.3 is 0 Å². The molecule has 0 saturated carbocycles. The molecule has 0 atom stereocenters. The lowest BCUT2D eigenvalue weighted by molar-refractivity contribution is 0.0904. The van der Waals surface area contributed by atoms with E-state index in [4.69, 9.17) is 9.73 Å². The summed E-state index contributed by atoms with van der Waals surface area (Å²) >= 11 is 1.67. The molecular formula is C18H33N5O3S2. The predicted molar refractivity (Wildman–Crippen MR) is 114 cm³/mol. The number of thiazole rings is 1. The van der Waals surface area contributed by atoms with Crippen LogP contribution < -0.4 is 5.32 Å². The highest BCUT2D eigenvalue weighted by Gasteiger charge is 2.28. The highest BCUT2D eigenvalue weighted by atomic mass is 32.2. The molecule has 0 unspecified atom stereocenters. The first-order valence-corrected chi connectivity index (χ1v) is 12.2. The van der Waals surface area contributed by atoms with Crippen LogP contribution in [0.3, 0.4) is 0 Å². The molecule has 0 aliphatic carbocycles. The van der Waals surface area contributed by atoms with Gasteiger partial charge in [-0.1, -0.05) is 0 Å². The average Bonchev–Trinajstić information content (AvgIpc) is 2.95. The summed E-state index contributed by atoms with van der Waals surface area (Å²) in [4.78, 5) is 12.5. The van der Waals surface area contributed by atoms with E-state index in [2.05, 4.69) is 15.2 Å². The Kier molecular flexibility index (Phi) is 8.66. The Labute approximate surface area is 173 Å². The summed E-state index contributed by atoms with van der Waals surface area (Å²) in [6.45, 7) is 13.6. The molecule has 1 saturated heterocycles. The number of nitrogens with one attached hydrogen (secondary N) is 1. The molecule has 8 nitrogen and oxygen atoms in total. The van der Waals surface area contributed by atoms with E-state index in [9.17, 15) is 8.42 Å². The van der Waals surface area contributed by atoms with Crippen LogP contribution in [0.5, 0.6) is 0 Å². The molecule has 1 aromatic rings. The molecule has 0 amide bonds. The van der Waals surface area contributed by atoms with Gasteiger partial charge in [-0.05, 0) is 34.6 Å². The monoisotopic (exact) mass is 431 g/mol. The number of hydrogen-bond donors (Lipinski definition) is 1. The summed E-state index contributed by atoms with van der Waals surface area (Å²) in [6.07, 6.45) is 0.0388. The number of nitrogens with zero attached hydrogens (tertiary/aromatic N) is 4. The molecule has 28 heavy (non-hydrogen) atoms. The van der Waals surface area contributed by atoms with Gasteiger partial charge in [-0.15, -0.1) is 11.3 Å². The number of aliphatic imine (C=N–C) groups is 1. The molecule has 1 N–H and O–H groups in total. The molecule has 1 aromatic heterocycles. The van der Waals surface area contributed by atoms with Gasteiger partial charge in [0.1, 0.15) is 0 Å². The third-order valence-electron chi connectivity index (χ3n) is 4.43. The standard InChI is InChI=1S/C18H33N5O3S2/c1-6-19-18(20-13-17-15(4)21-16(5)27-17)22-7-9-23(10-8-22)28(24,25)12-11-26-14(2)3/h14H,6-13H2,1-5H3,(H,19,20). The van der Waals surface area contributed by atoms with Gasteiger partial charge in [-0.3, -0.25) is 0 Å². The van der Waals surface area contributed by atoms with Crippen LogP contribution in [0.1, 0.15) is 36.3 Å². The Morgan fingerprint density at radius 2 is 1.96 bits per heavy atom. The maximum atomic E-state index is 12.5. The van der Waals surface area contributed by atoms with Crippen LogP contribution >= 0.6 is 11.3 Å². The SMILES string of the molecule is CCNC(=NCc1sc(C)nc1C)N1CCN(S(=O)(=O)CCOC(C)C)CC1. The van der Waals surface area contributed by atoms with Crippen LogP contribution in [-0.2, 0) is 21.3 Å². The maximum absolute atomic E-state index is 12.5. The van der Waals surface area contributed by atoms with Gasteiger partial charge in [0.2, 0.25) is 10.0 Å². The molecule has 2 rings (SSSR count). The van der Waals surface area contributed by atoms with E-state index in [1.165, 1.54) is 4.88 Å². The molecule has 1 aliphatic rings. The Balaban J connectivity index is 1.94. The van der Waals surface area contributed by atoms with Crippen molar-refractivity contribution in [1.29, 1.82) is 0 Å². The summed E-state index contributed by atoms with van der Waals surface area (Å²) in [5.74, 6) is 0.858. The van der Waals surface area contributed by atoms with Crippen molar-refractivity contribution in [2.75, 3.05) is 45.1 Å². The number of aromatic nitrogens is 1. The van der Waals surface area contributed by atoms with Crippen molar-refractivity contribution in [1.82, 2.24) is 19.5 Å². The summed E-state index contributed by atoms with van der Waals surface area (Å²) in [7, 11) is -3.28. The smallest absolute Gasteiger partial charge is 0.216 e. The molecule has 2 heterocycles. The summed E-state index contributed by atoms with van der Waals surface area (Å²) in [6, 6.07) is 0. The molecule has 10 heteroatoms. The van der Waals surface area contributed by atoms with Crippen molar-refractivity contribution in [2.45, 2.75) is 47.3 Å². The van der Waals surface area contributed by atoms with E-state index in [0.717, 1.165) is 23.2 Å². The van der Waals surface area contributed by atoms with Crippen molar-refractivity contribution in [3.8, 4) is 0 Å². The number of sulfonamides is 1. The topological polar surface area (TPSA) is 87.1 Å². The van der Waals surface area contributed by atoms with E-state index >= 15 is 0 Å². The second kappa shape index (κ2) is 10.5. The van der Waals surface area contributed by atoms with Gasteiger partial charge in [0.05, 0.1) is 35.7 Å². The van der Waals surface area contributed by atoms with Gasteiger partial charge < -0.3 is 15.0 Å². The first-order chi connectivity index (χ1) is 13.2. The van der Waals surface area contributed by atoms with E-state index < -0.39 is 10.0 Å². The maximum Gasteiger partial charge on any atom is 0.216 e. The van der Waals surface area contributed by atoms with Crippen LogP contribution in [-0.4, -0.2) is 79.8 Å². The Hall–Kier alpha value is -1.23. The second-order valence-corrected chi connectivity index (χ2v) is 10.4. The molecule has 0 spiro atoms. The fraction of sp³-hybridized carbons (Fsp3) is 0.778. The van der Waals surface area contributed by atoms with Crippen molar-refractivity contribution in [2.24, 2.45) is 4.99 Å². The number of ether oxygens (including phenoxy) is 1. The van der Waals surface area contributed by atoms with E-state index in [1.54, 1.807) is 15.6 Å². The number of aryl methyl sites for hydroxylation is 2. The number of guanidine groups is 1. The minimum atomic E-state index is -3.28. The minimum Gasteiger partial charge on any atom is -0.378 e. The van der Waals surface area contributed by atoms with Crippen LogP contribution in [0, 0.1) is 13.8 Å².